The number of nitrogens with zero attached hydrogens (tertiary/aromatic N) is 2. The summed E-state index contributed by atoms with van der Waals surface area (Å²) in [5.74, 6) is 3.95. The number of aliphatic hydroxyl groups is 1. The van der Waals surface area contributed by atoms with Gasteiger partial charge in [-0.3, -0.25) is 14.4 Å². The van der Waals surface area contributed by atoms with Crippen LogP contribution >= 0.6 is 11.6 Å². The molecule has 7 atom stereocenters. The number of nitrogens with one attached hydrogen (secondary N) is 1. The number of benzene rings is 2. The first-order chi connectivity index (χ1) is 20.4. The molecule has 9 heteroatoms. The van der Waals surface area contributed by atoms with Crippen LogP contribution in [0.1, 0.15) is 67.4 Å². The summed E-state index contributed by atoms with van der Waals surface area (Å²) in [5, 5.41) is 11.9. The van der Waals surface area contributed by atoms with Crippen molar-refractivity contribution in [3.05, 3.63) is 81.7 Å². The second-order valence-corrected chi connectivity index (χ2v) is 15.9. The molecule has 2 aromatic carbocycles. The molecule has 0 radical (unpaired) electrons. The van der Waals surface area contributed by atoms with Crippen LogP contribution in [0.4, 0.5) is 5.69 Å². The molecule has 1 amide bonds. The van der Waals surface area contributed by atoms with E-state index < -0.39 is 26.6 Å². The summed E-state index contributed by atoms with van der Waals surface area (Å²) >= 11 is 6.40. The first-order valence-electron chi connectivity index (χ1n) is 15.2. The van der Waals surface area contributed by atoms with Crippen LogP contribution in [-0.2, 0) is 21.5 Å². The molecule has 2 aliphatic heterocycles. The highest BCUT2D eigenvalue weighted by atomic mass is 35.5. The number of carbonyl (C=O) groups is 1. The molecule has 2 heterocycles. The quantitative estimate of drug-likeness (QED) is 0.221. The Kier molecular flexibility index (Phi) is 7.81. The van der Waals surface area contributed by atoms with Gasteiger partial charge in [-0.05, 0) is 105 Å². The summed E-state index contributed by atoms with van der Waals surface area (Å²) in [5.41, 5.74) is 1.77. The Hall–Kier alpha value is -2.99. The van der Waals surface area contributed by atoms with E-state index in [1.807, 2.05) is 38.1 Å². The zero-order valence-electron chi connectivity index (χ0n) is 24.9. The molecular weight excluding hydrogens is 582 g/mol. The number of fused-ring (bicyclic) bond motifs is 4. The Bertz CT molecular complexity index is 1620. The summed E-state index contributed by atoms with van der Waals surface area (Å²) in [6.07, 6.45) is 8.56. The topological polar surface area (TPSA) is 83.2 Å². The molecule has 6 rings (SSSR count). The number of amides is 1. The average molecular weight is 622 g/mol. The highest BCUT2D eigenvalue weighted by Gasteiger charge is 2.52. The van der Waals surface area contributed by atoms with Gasteiger partial charge in [-0.2, -0.15) is 0 Å². The van der Waals surface area contributed by atoms with E-state index in [1.165, 1.54) is 11.1 Å². The number of hydrogen-bond donors (Lipinski definition) is 2. The average Bonchev–Trinajstić information content (AvgIpc) is 3.11. The number of aryl methyl sites for hydroxylation is 1. The van der Waals surface area contributed by atoms with Crippen LogP contribution in [-0.4, -0.2) is 51.8 Å². The fraction of sp³-hybridized carbons (Fsp3) is 0.500. The van der Waals surface area contributed by atoms with Crippen molar-refractivity contribution in [2.75, 3.05) is 24.6 Å². The highest BCUT2D eigenvalue weighted by Crippen LogP contribution is 2.48. The van der Waals surface area contributed by atoms with Gasteiger partial charge in [0.15, 0.2) is 0 Å². The first kappa shape index (κ1) is 30.1. The van der Waals surface area contributed by atoms with Crippen molar-refractivity contribution >= 4 is 38.8 Å². The lowest BCUT2D eigenvalue weighted by molar-refractivity contribution is -0.0121. The van der Waals surface area contributed by atoms with Crippen LogP contribution in [0.5, 0.6) is 5.75 Å². The minimum atomic E-state index is -2.99. The monoisotopic (exact) mass is 621 g/mol. The Morgan fingerprint density at radius 3 is 2.79 bits per heavy atom. The van der Waals surface area contributed by atoms with E-state index in [2.05, 4.69) is 32.5 Å². The van der Waals surface area contributed by atoms with Crippen LogP contribution in [0.2, 0.25) is 5.02 Å². The zero-order valence-corrected chi connectivity index (χ0v) is 26.4. The van der Waals surface area contributed by atoms with Crippen molar-refractivity contribution in [1.82, 2.24) is 4.72 Å². The molecule has 2 N–H and O–H groups in total. The van der Waals surface area contributed by atoms with E-state index in [4.69, 9.17) is 22.9 Å². The number of halogens is 1. The van der Waals surface area contributed by atoms with Crippen molar-refractivity contribution in [2.24, 2.45) is 17.8 Å². The van der Waals surface area contributed by atoms with E-state index >= 15 is 0 Å². The van der Waals surface area contributed by atoms with Crippen LogP contribution < -0.4 is 14.4 Å². The molecule has 1 spiro atoms. The standard InChI is InChI=1S/C34H40ClN3O4S/c1-22-7-5-16-34(40,36-3)29-12-9-26(29)19-38-20-33(15-6-8-24-17-27(35)11-13-28(24)33)21-42-31-14-10-25(18-30(31)38)32(39)37-43(4,41)23(22)2/h5,10-11,13-14,16-18,22-23,26,29,40H,4,6-9,12,15,19-21H2,1-2H3,(H,37,39,41)/b16-5+/t22-,23+,26-,29+,33-,34-,43?/m0/s1. The molecule has 7 nitrogen and oxygen atoms in total. The normalized spacial score (nSPS) is 36.5. The summed E-state index contributed by atoms with van der Waals surface area (Å²) in [4.78, 5) is 19.5. The number of allylic oxidation sites excluding steroid dienone is 1. The SMILES string of the molecule is [C-]#[N+][C@]1(O)/C=C/C[C@H](C)[C@@H](C)S(=C)(=O)NC(=O)c2ccc3c(c2)N(C[C@@H]2CC[C@H]21)C[C@@]1(CCCc2cc(Cl)ccc21)CO3. The number of anilines is 1. The third kappa shape index (κ3) is 5.45. The molecule has 1 fully saturated rings. The Labute approximate surface area is 260 Å². The van der Waals surface area contributed by atoms with Crippen molar-refractivity contribution in [1.29, 1.82) is 0 Å². The second-order valence-electron chi connectivity index (χ2n) is 13.1. The van der Waals surface area contributed by atoms with Gasteiger partial charge in [0.25, 0.3) is 5.91 Å². The fourth-order valence-corrected chi connectivity index (χ4v) is 9.13. The lowest BCUT2D eigenvalue weighted by Gasteiger charge is -2.45. The van der Waals surface area contributed by atoms with E-state index in [0.29, 0.717) is 37.4 Å². The van der Waals surface area contributed by atoms with E-state index in [-0.39, 0.29) is 23.2 Å². The molecule has 43 heavy (non-hydrogen) atoms. The number of ether oxygens (including phenoxy) is 1. The maximum absolute atomic E-state index is 13.6. The Balaban J connectivity index is 1.45. The van der Waals surface area contributed by atoms with Gasteiger partial charge in [0.05, 0.1) is 27.9 Å². The van der Waals surface area contributed by atoms with Crippen molar-refractivity contribution < 1.29 is 18.8 Å². The van der Waals surface area contributed by atoms with Gasteiger partial charge in [-0.25, -0.2) is 10.8 Å². The summed E-state index contributed by atoms with van der Waals surface area (Å²) in [7, 11) is -2.99. The number of hydrogen-bond acceptors (Lipinski definition) is 5. The molecule has 228 valence electrons. The Morgan fingerprint density at radius 2 is 2.05 bits per heavy atom. The largest absolute Gasteiger partial charge is 0.490 e. The molecule has 0 saturated heterocycles. The van der Waals surface area contributed by atoms with Gasteiger partial charge >= 0.3 is 5.72 Å². The van der Waals surface area contributed by atoms with Crippen molar-refractivity contribution in [3.63, 3.8) is 0 Å². The minimum Gasteiger partial charge on any atom is -0.490 e. The second kappa shape index (κ2) is 11.2. The fourth-order valence-electron chi connectivity index (χ4n) is 7.46. The smallest absolute Gasteiger partial charge is 0.357 e. The van der Waals surface area contributed by atoms with Gasteiger partial charge in [0, 0.05) is 40.4 Å². The summed E-state index contributed by atoms with van der Waals surface area (Å²) in [6, 6.07) is 11.5. The summed E-state index contributed by atoms with van der Waals surface area (Å²) in [6.45, 7) is 13.5. The molecule has 4 aliphatic rings. The van der Waals surface area contributed by atoms with Crippen molar-refractivity contribution in [2.45, 2.75) is 68.8 Å². The third-order valence-electron chi connectivity index (χ3n) is 10.4. The van der Waals surface area contributed by atoms with Gasteiger partial charge in [-0.1, -0.05) is 30.7 Å². The maximum Gasteiger partial charge on any atom is 0.357 e. The molecule has 0 aromatic heterocycles. The molecular formula is C34H40ClN3O4S. The van der Waals surface area contributed by atoms with Crippen LogP contribution in [0.3, 0.4) is 0 Å². The summed E-state index contributed by atoms with van der Waals surface area (Å²) < 4.78 is 22.9. The maximum atomic E-state index is 13.6. The molecule has 2 aromatic rings. The predicted molar refractivity (Wildman–Crippen MR) is 173 cm³/mol. The van der Waals surface area contributed by atoms with E-state index in [0.717, 1.165) is 42.8 Å². The molecule has 1 unspecified atom stereocenters. The molecule has 1 saturated carbocycles. The molecule has 2 aliphatic carbocycles. The lowest BCUT2D eigenvalue weighted by atomic mass is 9.66. The Morgan fingerprint density at radius 1 is 1.23 bits per heavy atom. The molecule has 2 bridgehead atoms. The zero-order chi connectivity index (χ0) is 30.6. The van der Waals surface area contributed by atoms with Crippen LogP contribution in [0.25, 0.3) is 4.85 Å². The van der Waals surface area contributed by atoms with Crippen molar-refractivity contribution in [3.8, 4) is 5.75 Å². The number of carbonyl (C=O) groups excluding carboxylic acids is 1. The number of rotatable bonds is 0. The third-order valence-corrected chi connectivity index (χ3v) is 12.9. The van der Waals surface area contributed by atoms with E-state index in [1.54, 1.807) is 12.1 Å². The van der Waals surface area contributed by atoms with Gasteiger partial charge in [-0.15, -0.1) is 0 Å². The van der Waals surface area contributed by atoms with Crippen LogP contribution in [0.15, 0.2) is 48.6 Å². The highest BCUT2D eigenvalue weighted by molar-refractivity contribution is 7.99. The first-order valence-corrected chi connectivity index (χ1v) is 17.4. The van der Waals surface area contributed by atoms with Crippen LogP contribution in [0, 0.1) is 24.3 Å². The van der Waals surface area contributed by atoms with E-state index in [9.17, 15) is 14.1 Å². The minimum absolute atomic E-state index is 0.0837. The predicted octanol–water partition coefficient (Wildman–Crippen LogP) is 5.79. The lowest BCUT2D eigenvalue weighted by Crippen LogP contribution is -2.51. The van der Waals surface area contributed by atoms with Gasteiger partial charge in [0.1, 0.15) is 5.75 Å². The van der Waals surface area contributed by atoms with Gasteiger partial charge in [0.2, 0.25) is 0 Å². The van der Waals surface area contributed by atoms with Gasteiger partial charge < -0.3 is 14.7 Å².